The third kappa shape index (κ3) is 11.1. The van der Waals surface area contributed by atoms with Crippen molar-refractivity contribution in [3.05, 3.63) is 109 Å². The second-order valence-electron chi connectivity index (χ2n) is 12.1. The highest BCUT2D eigenvalue weighted by Gasteiger charge is 2.31. The number of carbonyl (C=O) groups is 1. The molecule has 45 heavy (non-hydrogen) atoms. The number of unbranched alkanes of at least 4 members (excludes halogenated alkanes) is 3. The van der Waals surface area contributed by atoms with Crippen molar-refractivity contribution in [3.8, 4) is 28.3 Å². The van der Waals surface area contributed by atoms with E-state index in [1.165, 1.54) is 7.11 Å². The summed E-state index contributed by atoms with van der Waals surface area (Å²) in [4.78, 5) is 17.7. The summed E-state index contributed by atoms with van der Waals surface area (Å²) < 4.78 is 17.7. The summed E-state index contributed by atoms with van der Waals surface area (Å²) in [5.74, 6) is -0.0428. The number of aromatic nitrogens is 1. The molecule has 6 nitrogen and oxygen atoms in total. The lowest BCUT2D eigenvalue weighted by molar-refractivity contribution is -0.152. The molecule has 2 unspecified atom stereocenters. The Kier molecular flexibility index (Phi) is 13.2. The number of methoxy groups -OCH3 is 1. The van der Waals surface area contributed by atoms with Crippen molar-refractivity contribution in [2.75, 3.05) is 20.3 Å². The van der Waals surface area contributed by atoms with Crippen LogP contribution in [0.25, 0.3) is 22.4 Å². The molecule has 0 spiro atoms. The summed E-state index contributed by atoms with van der Waals surface area (Å²) in [5.41, 5.74) is 4.35. The molecule has 2 atom stereocenters. The van der Waals surface area contributed by atoms with Gasteiger partial charge in [0.05, 0.1) is 37.0 Å². The number of pyridine rings is 1. The van der Waals surface area contributed by atoms with Gasteiger partial charge in [0.2, 0.25) is 5.88 Å². The van der Waals surface area contributed by atoms with Crippen LogP contribution < -0.4 is 4.74 Å². The Morgan fingerprint density at radius 2 is 1.38 bits per heavy atom. The summed E-state index contributed by atoms with van der Waals surface area (Å²) in [6.45, 7) is 4.62. The molecular weight excluding hydrogens is 562 g/mol. The fourth-order valence-electron chi connectivity index (χ4n) is 5.48. The first-order valence-electron chi connectivity index (χ1n) is 16.1. The highest BCUT2D eigenvalue weighted by atomic mass is 16.5. The number of nitrogens with zero attached hydrogens (tertiary/aromatic N) is 1. The van der Waals surface area contributed by atoms with Gasteiger partial charge in [-0.3, -0.25) is 4.79 Å². The number of esters is 1. The molecule has 0 saturated heterocycles. The first kappa shape index (κ1) is 33.9. The maximum atomic E-state index is 12.9. The van der Waals surface area contributed by atoms with Gasteiger partial charge in [-0.1, -0.05) is 110 Å². The van der Waals surface area contributed by atoms with Crippen LogP contribution in [0.15, 0.2) is 103 Å². The minimum absolute atomic E-state index is 0.256. The molecule has 1 heterocycles. The van der Waals surface area contributed by atoms with Gasteiger partial charge < -0.3 is 19.3 Å². The molecule has 0 saturated carbocycles. The van der Waals surface area contributed by atoms with Crippen molar-refractivity contribution < 1.29 is 24.1 Å². The summed E-state index contributed by atoms with van der Waals surface area (Å²) >= 11 is 0. The van der Waals surface area contributed by atoms with Crippen LogP contribution >= 0.6 is 0 Å². The lowest BCUT2D eigenvalue weighted by Gasteiger charge is -2.27. The lowest BCUT2D eigenvalue weighted by Crippen LogP contribution is -2.27. The van der Waals surface area contributed by atoms with E-state index in [-0.39, 0.29) is 5.97 Å². The van der Waals surface area contributed by atoms with E-state index in [0.29, 0.717) is 38.4 Å². The van der Waals surface area contributed by atoms with E-state index in [0.717, 1.165) is 53.6 Å². The monoisotopic (exact) mass is 609 g/mol. The molecule has 0 radical (unpaired) electrons. The van der Waals surface area contributed by atoms with Crippen molar-refractivity contribution in [3.63, 3.8) is 0 Å². The smallest absolute Gasteiger partial charge is 0.311 e. The van der Waals surface area contributed by atoms with Crippen molar-refractivity contribution in [2.24, 2.45) is 5.92 Å². The van der Waals surface area contributed by atoms with Gasteiger partial charge >= 0.3 is 5.97 Å². The molecule has 0 aliphatic rings. The van der Waals surface area contributed by atoms with E-state index in [4.69, 9.17) is 19.2 Å². The van der Waals surface area contributed by atoms with Crippen molar-refractivity contribution in [1.82, 2.24) is 4.98 Å². The van der Waals surface area contributed by atoms with Crippen molar-refractivity contribution in [2.45, 2.75) is 70.5 Å². The van der Waals surface area contributed by atoms with Crippen LogP contribution in [-0.2, 0) is 14.3 Å². The summed E-state index contributed by atoms with van der Waals surface area (Å²) in [7, 11) is 1.44. The topological polar surface area (TPSA) is 77.9 Å². The molecule has 0 aliphatic carbocycles. The lowest BCUT2D eigenvalue weighted by atomic mass is 9.90. The molecule has 1 aromatic heterocycles. The Morgan fingerprint density at radius 3 is 2.02 bits per heavy atom. The predicted octanol–water partition coefficient (Wildman–Crippen LogP) is 8.84. The number of aliphatic hydroxyl groups is 1. The van der Waals surface area contributed by atoms with E-state index < -0.39 is 17.6 Å². The van der Waals surface area contributed by atoms with Gasteiger partial charge in [0.15, 0.2) is 0 Å². The van der Waals surface area contributed by atoms with Gasteiger partial charge in [-0.25, -0.2) is 4.98 Å². The Bertz CT molecular complexity index is 1360. The predicted molar refractivity (Wildman–Crippen MR) is 180 cm³/mol. The Labute approximate surface area is 268 Å². The minimum atomic E-state index is -0.748. The quantitative estimate of drug-likeness (QED) is 0.0897. The number of rotatable bonds is 18. The zero-order chi connectivity index (χ0) is 31.9. The minimum Gasteiger partial charge on any atom is -0.478 e. The number of hydrogen-bond donors (Lipinski definition) is 1. The van der Waals surface area contributed by atoms with Gasteiger partial charge in [-0.2, -0.15) is 0 Å². The Hall–Kier alpha value is -4.00. The van der Waals surface area contributed by atoms with Crippen LogP contribution in [0.4, 0.5) is 0 Å². The fourth-order valence-corrected chi connectivity index (χ4v) is 5.48. The number of ether oxygens (including phenoxy) is 3. The van der Waals surface area contributed by atoms with Gasteiger partial charge in [0.25, 0.3) is 0 Å². The highest BCUT2D eigenvalue weighted by Crippen LogP contribution is 2.32. The Balaban J connectivity index is 1.31. The van der Waals surface area contributed by atoms with E-state index >= 15 is 0 Å². The average Bonchev–Trinajstić information content (AvgIpc) is 3.07. The molecule has 0 aliphatic heterocycles. The first-order valence-corrected chi connectivity index (χ1v) is 16.1. The van der Waals surface area contributed by atoms with Crippen LogP contribution in [0.5, 0.6) is 5.88 Å². The zero-order valence-corrected chi connectivity index (χ0v) is 26.9. The van der Waals surface area contributed by atoms with Gasteiger partial charge in [0.1, 0.15) is 0 Å². The molecule has 238 valence electrons. The van der Waals surface area contributed by atoms with Gasteiger partial charge in [0, 0.05) is 18.2 Å². The maximum absolute atomic E-state index is 12.9. The molecular formula is C39H47NO5. The molecule has 3 aromatic carbocycles. The van der Waals surface area contributed by atoms with Crippen LogP contribution in [0.2, 0.25) is 0 Å². The Morgan fingerprint density at radius 1 is 0.756 bits per heavy atom. The van der Waals surface area contributed by atoms with Gasteiger partial charge in [-0.15, -0.1) is 0 Å². The summed E-state index contributed by atoms with van der Waals surface area (Å²) in [6, 6.07) is 34.4. The largest absolute Gasteiger partial charge is 0.478 e. The molecule has 4 rings (SSSR count). The van der Waals surface area contributed by atoms with Crippen LogP contribution in [0.3, 0.4) is 0 Å². The van der Waals surface area contributed by atoms with Crippen LogP contribution in [-0.4, -0.2) is 42.0 Å². The van der Waals surface area contributed by atoms with E-state index in [9.17, 15) is 9.90 Å². The number of carbonyl (C=O) groups excluding carboxylic acids is 1. The molecule has 0 bridgehead atoms. The summed E-state index contributed by atoms with van der Waals surface area (Å²) in [6.07, 6.45) is 5.29. The third-order valence-electron chi connectivity index (χ3n) is 7.87. The molecule has 1 N–H and O–H groups in total. The van der Waals surface area contributed by atoms with Crippen LogP contribution in [0, 0.1) is 5.92 Å². The highest BCUT2D eigenvalue weighted by molar-refractivity contribution is 5.73. The molecule has 6 heteroatoms. The van der Waals surface area contributed by atoms with Crippen molar-refractivity contribution in [1.29, 1.82) is 0 Å². The number of benzene rings is 3. The normalized spacial score (nSPS) is 12.8. The number of hydrogen-bond acceptors (Lipinski definition) is 6. The second kappa shape index (κ2) is 17.5. The second-order valence-corrected chi connectivity index (χ2v) is 12.1. The molecule has 0 fully saturated rings. The van der Waals surface area contributed by atoms with E-state index in [2.05, 4.69) is 30.3 Å². The zero-order valence-electron chi connectivity index (χ0n) is 26.9. The maximum Gasteiger partial charge on any atom is 0.311 e. The van der Waals surface area contributed by atoms with E-state index in [1.807, 2.05) is 72.8 Å². The fraction of sp³-hybridized carbons (Fsp3) is 0.385. The summed E-state index contributed by atoms with van der Waals surface area (Å²) in [5, 5.41) is 10.1. The molecule has 0 amide bonds. The van der Waals surface area contributed by atoms with Crippen LogP contribution in [0.1, 0.15) is 70.5 Å². The SMILES string of the molecule is COC(=O)C(CCCCCCOc1cc(-c2ccccc2)cc(-c2ccccc2)n1)C(OCCCC(C)(C)O)c1ccccc1. The van der Waals surface area contributed by atoms with Crippen molar-refractivity contribution >= 4 is 5.97 Å². The first-order chi connectivity index (χ1) is 21.8. The van der Waals surface area contributed by atoms with E-state index in [1.54, 1.807) is 13.8 Å². The average molecular weight is 610 g/mol. The van der Waals surface area contributed by atoms with Gasteiger partial charge in [-0.05, 0) is 62.3 Å². The molecule has 4 aromatic rings. The standard InChI is InChI=1S/C39H47NO5/c1-39(2,42)25-17-27-45-37(32-22-13-8-14-23-32)34(38(41)43-3)24-15-4-5-16-26-44-36-29-33(30-18-9-6-10-19-30)28-35(40-36)31-20-11-7-12-21-31/h6-14,18-23,28-29,34,37,42H,4-5,15-17,24-27H2,1-3H3. The third-order valence-corrected chi connectivity index (χ3v) is 7.87.